The maximum Gasteiger partial charge on any atom is 0.416 e. The van der Waals surface area contributed by atoms with E-state index >= 15 is 0 Å². The van der Waals surface area contributed by atoms with Gasteiger partial charge < -0.3 is 10.1 Å². The van der Waals surface area contributed by atoms with E-state index < -0.39 is 11.7 Å². The number of hydrogen-bond acceptors (Lipinski definition) is 2. The third-order valence-corrected chi connectivity index (χ3v) is 2.14. The Morgan fingerprint density at radius 2 is 1.94 bits per heavy atom. The van der Waals surface area contributed by atoms with Crippen LogP contribution in [0.4, 0.5) is 18.9 Å². The maximum atomic E-state index is 12.5. The van der Waals surface area contributed by atoms with Crippen molar-refractivity contribution in [2.75, 3.05) is 18.5 Å². The number of ether oxygens (including phenoxy) is 1. The van der Waals surface area contributed by atoms with Crippen molar-refractivity contribution in [3.8, 4) is 5.75 Å². The molecule has 1 aromatic rings. The predicted molar refractivity (Wildman–Crippen MR) is 61.4 cm³/mol. The van der Waals surface area contributed by atoms with E-state index in [1.807, 2.05) is 13.8 Å². The van der Waals surface area contributed by atoms with Gasteiger partial charge in [0.05, 0.1) is 17.9 Å². The van der Waals surface area contributed by atoms with E-state index in [-0.39, 0.29) is 0 Å². The van der Waals surface area contributed by atoms with Gasteiger partial charge in [0.2, 0.25) is 0 Å². The molecule has 1 rings (SSSR count). The minimum absolute atomic E-state index is 0.385. The molecule has 1 aromatic carbocycles. The summed E-state index contributed by atoms with van der Waals surface area (Å²) in [5.74, 6) is 0.460. The molecule has 0 fully saturated rings. The number of hydrogen-bond donors (Lipinski definition) is 1. The highest BCUT2D eigenvalue weighted by Gasteiger charge is 2.31. The third-order valence-electron chi connectivity index (χ3n) is 2.14. The van der Waals surface area contributed by atoms with E-state index in [0.29, 0.717) is 24.6 Å². The minimum atomic E-state index is -4.33. The number of alkyl halides is 3. The van der Waals surface area contributed by atoms with Crippen LogP contribution in [0.15, 0.2) is 18.2 Å². The van der Waals surface area contributed by atoms with Crippen molar-refractivity contribution in [3.05, 3.63) is 23.8 Å². The Hall–Kier alpha value is -1.39. The lowest BCUT2D eigenvalue weighted by Gasteiger charge is -2.14. The van der Waals surface area contributed by atoms with Gasteiger partial charge in [-0.15, -0.1) is 0 Å². The fourth-order valence-corrected chi connectivity index (χ4v) is 1.37. The van der Waals surface area contributed by atoms with E-state index in [4.69, 9.17) is 4.74 Å². The second kappa shape index (κ2) is 5.80. The molecule has 0 aromatic heterocycles. The van der Waals surface area contributed by atoms with Crippen molar-refractivity contribution >= 4 is 5.69 Å². The average molecular weight is 247 g/mol. The van der Waals surface area contributed by atoms with Crippen LogP contribution >= 0.6 is 0 Å². The van der Waals surface area contributed by atoms with Gasteiger partial charge in [0.15, 0.2) is 0 Å². The molecule has 1 N–H and O–H groups in total. The van der Waals surface area contributed by atoms with Crippen molar-refractivity contribution in [2.45, 2.75) is 26.4 Å². The lowest BCUT2D eigenvalue weighted by Crippen LogP contribution is -2.08. The summed E-state index contributed by atoms with van der Waals surface area (Å²) >= 11 is 0. The fraction of sp³-hybridized carbons (Fsp3) is 0.500. The zero-order chi connectivity index (χ0) is 12.9. The summed E-state index contributed by atoms with van der Waals surface area (Å²) in [4.78, 5) is 0. The molecule has 0 saturated carbocycles. The molecular weight excluding hydrogens is 231 g/mol. The summed E-state index contributed by atoms with van der Waals surface area (Å²) < 4.78 is 42.9. The largest absolute Gasteiger partial charge is 0.491 e. The van der Waals surface area contributed by atoms with Crippen LogP contribution in [-0.4, -0.2) is 13.2 Å². The van der Waals surface area contributed by atoms with E-state index in [0.717, 1.165) is 18.6 Å². The molecule has 96 valence electrons. The minimum Gasteiger partial charge on any atom is -0.491 e. The molecule has 0 bridgehead atoms. The topological polar surface area (TPSA) is 21.3 Å². The summed E-state index contributed by atoms with van der Waals surface area (Å²) in [6.07, 6.45) is -3.51. The molecule has 0 heterocycles. The number of rotatable bonds is 5. The first-order valence-electron chi connectivity index (χ1n) is 5.57. The second-order valence-corrected chi connectivity index (χ2v) is 3.59. The summed E-state index contributed by atoms with van der Waals surface area (Å²) in [5, 5.41) is 2.87. The lowest BCUT2D eigenvalue weighted by atomic mass is 10.1. The number of anilines is 1. The SMILES string of the molecule is CCCOc1ccc(C(F)(F)F)cc1NCC. The molecule has 0 aliphatic rings. The van der Waals surface area contributed by atoms with Crippen molar-refractivity contribution in [1.82, 2.24) is 0 Å². The zero-order valence-corrected chi connectivity index (χ0v) is 9.90. The molecular formula is C12H16F3NO. The molecule has 0 amide bonds. The van der Waals surface area contributed by atoms with Crippen LogP contribution in [0.1, 0.15) is 25.8 Å². The molecule has 0 unspecified atom stereocenters. The van der Waals surface area contributed by atoms with E-state index in [1.54, 1.807) is 0 Å². The number of halogens is 3. The van der Waals surface area contributed by atoms with Crippen molar-refractivity contribution in [3.63, 3.8) is 0 Å². The van der Waals surface area contributed by atoms with E-state index in [1.165, 1.54) is 6.07 Å². The van der Waals surface area contributed by atoms with Crippen molar-refractivity contribution in [2.24, 2.45) is 0 Å². The molecule has 0 radical (unpaired) electrons. The molecule has 0 atom stereocenters. The molecule has 0 aliphatic heterocycles. The summed E-state index contributed by atoms with van der Waals surface area (Å²) in [7, 11) is 0. The first-order valence-corrected chi connectivity index (χ1v) is 5.57. The van der Waals surface area contributed by atoms with E-state index in [9.17, 15) is 13.2 Å². The first kappa shape index (κ1) is 13.7. The quantitative estimate of drug-likeness (QED) is 0.851. The molecule has 17 heavy (non-hydrogen) atoms. The lowest BCUT2D eigenvalue weighted by molar-refractivity contribution is -0.137. The fourth-order valence-electron chi connectivity index (χ4n) is 1.37. The predicted octanol–water partition coefficient (Wildman–Crippen LogP) is 3.93. The molecule has 0 spiro atoms. The van der Waals surface area contributed by atoms with Crippen molar-refractivity contribution in [1.29, 1.82) is 0 Å². The normalized spacial score (nSPS) is 11.4. The molecule has 2 nitrogen and oxygen atoms in total. The van der Waals surface area contributed by atoms with Gasteiger partial charge in [-0.25, -0.2) is 0 Å². The van der Waals surface area contributed by atoms with Crippen LogP contribution in [0.2, 0.25) is 0 Å². The zero-order valence-electron chi connectivity index (χ0n) is 9.90. The van der Waals surface area contributed by atoms with Crippen LogP contribution < -0.4 is 10.1 Å². The summed E-state index contributed by atoms with van der Waals surface area (Å²) in [5.41, 5.74) is -0.284. The molecule has 0 saturated heterocycles. The van der Waals surface area contributed by atoms with Crippen LogP contribution in [0.25, 0.3) is 0 Å². The van der Waals surface area contributed by atoms with Gasteiger partial charge in [0.1, 0.15) is 5.75 Å². The van der Waals surface area contributed by atoms with Crippen LogP contribution in [0.5, 0.6) is 5.75 Å². The Bertz CT molecular complexity index is 363. The highest BCUT2D eigenvalue weighted by atomic mass is 19.4. The van der Waals surface area contributed by atoms with E-state index in [2.05, 4.69) is 5.32 Å². The Labute approximate surface area is 98.8 Å². The summed E-state index contributed by atoms with van der Waals surface area (Å²) in [6, 6.07) is 3.47. The maximum absolute atomic E-state index is 12.5. The smallest absolute Gasteiger partial charge is 0.416 e. The van der Waals surface area contributed by atoms with Gasteiger partial charge in [0.25, 0.3) is 0 Å². The van der Waals surface area contributed by atoms with Crippen LogP contribution in [0, 0.1) is 0 Å². The first-order chi connectivity index (χ1) is 7.99. The third kappa shape index (κ3) is 3.84. The molecule has 0 aliphatic carbocycles. The standard InChI is InChI=1S/C12H16F3NO/c1-3-7-17-11-6-5-9(12(13,14)15)8-10(11)16-4-2/h5-6,8,16H,3-4,7H2,1-2H3. The number of nitrogens with one attached hydrogen (secondary N) is 1. The van der Waals surface area contributed by atoms with Gasteiger partial charge in [-0.3, -0.25) is 0 Å². The second-order valence-electron chi connectivity index (χ2n) is 3.59. The van der Waals surface area contributed by atoms with Gasteiger partial charge >= 0.3 is 6.18 Å². The Morgan fingerprint density at radius 1 is 1.24 bits per heavy atom. The van der Waals surface area contributed by atoms with Gasteiger partial charge in [-0.05, 0) is 31.5 Å². The highest BCUT2D eigenvalue weighted by molar-refractivity contribution is 5.58. The summed E-state index contributed by atoms with van der Waals surface area (Å²) in [6.45, 7) is 4.80. The highest BCUT2D eigenvalue weighted by Crippen LogP contribution is 2.34. The Morgan fingerprint density at radius 3 is 2.47 bits per heavy atom. The Kier molecular flexibility index (Phi) is 4.66. The monoisotopic (exact) mass is 247 g/mol. The number of benzene rings is 1. The van der Waals surface area contributed by atoms with Gasteiger partial charge in [-0.1, -0.05) is 6.92 Å². The molecule has 5 heteroatoms. The van der Waals surface area contributed by atoms with Gasteiger partial charge in [-0.2, -0.15) is 13.2 Å². The van der Waals surface area contributed by atoms with Gasteiger partial charge in [0, 0.05) is 6.54 Å². The Balaban J connectivity index is 2.99. The van der Waals surface area contributed by atoms with Crippen molar-refractivity contribution < 1.29 is 17.9 Å². The van der Waals surface area contributed by atoms with Crippen LogP contribution in [0.3, 0.4) is 0 Å². The average Bonchev–Trinajstić information content (AvgIpc) is 2.26. The van der Waals surface area contributed by atoms with Crippen LogP contribution in [-0.2, 0) is 6.18 Å².